The Bertz CT molecular complexity index is 564. The van der Waals surface area contributed by atoms with Crippen molar-refractivity contribution in [2.75, 3.05) is 5.32 Å². The van der Waals surface area contributed by atoms with Gasteiger partial charge in [0.25, 0.3) is 0 Å². The van der Waals surface area contributed by atoms with Crippen LogP contribution in [-0.4, -0.2) is 22.6 Å². The molecule has 0 fully saturated rings. The summed E-state index contributed by atoms with van der Waals surface area (Å²) >= 11 is 5.81. The van der Waals surface area contributed by atoms with Crippen LogP contribution in [0.5, 0.6) is 0 Å². The first-order valence-electron chi connectivity index (χ1n) is 7.56. The molecule has 2 amide bonds. The fourth-order valence-corrected chi connectivity index (χ4v) is 2.63. The molecule has 0 spiro atoms. The third kappa shape index (κ3) is 4.86. The Kier molecular flexibility index (Phi) is 6.05. The molecule has 0 aliphatic rings. The highest BCUT2D eigenvalue weighted by Crippen LogP contribution is 2.36. The van der Waals surface area contributed by atoms with Crippen LogP contribution in [0.1, 0.15) is 41.0 Å². The summed E-state index contributed by atoms with van der Waals surface area (Å²) in [5.41, 5.74) is -1.47. The zero-order chi connectivity index (χ0) is 17.8. The molecular weight excluding hydrogens is 316 g/mol. The topological polar surface area (TPSA) is 78.4 Å². The van der Waals surface area contributed by atoms with E-state index in [1.165, 1.54) is 0 Å². The Morgan fingerprint density at radius 2 is 1.70 bits per heavy atom. The lowest BCUT2D eigenvalue weighted by atomic mass is 9.69. The largest absolute Gasteiger partial charge is 0.479 e. The van der Waals surface area contributed by atoms with Crippen molar-refractivity contribution in [1.82, 2.24) is 5.32 Å². The Balaban J connectivity index is 3.02. The predicted octanol–water partition coefficient (Wildman–Crippen LogP) is 4.38. The molecule has 0 unspecified atom stereocenters. The fraction of sp³-hybridized carbons (Fsp3) is 0.529. The van der Waals surface area contributed by atoms with Crippen LogP contribution in [0.15, 0.2) is 24.3 Å². The lowest BCUT2D eigenvalue weighted by Crippen LogP contribution is -2.63. The number of benzene rings is 1. The van der Waals surface area contributed by atoms with E-state index in [1.54, 1.807) is 24.3 Å². The summed E-state index contributed by atoms with van der Waals surface area (Å²) in [5, 5.41) is 15.7. The number of carboxylic acid groups (broad SMARTS) is 1. The Labute approximate surface area is 142 Å². The maximum atomic E-state index is 12.3. The molecule has 6 heteroatoms. The predicted molar refractivity (Wildman–Crippen MR) is 92.9 cm³/mol. The van der Waals surface area contributed by atoms with Gasteiger partial charge in [0.1, 0.15) is 5.54 Å². The number of halogens is 1. The molecule has 5 nitrogen and oxygen atoms in total. The van der Waals surface area contributed by atoms with Crippen molar-refractivity contribution in [3.63, 3.8) is 0 Å². The van der Waals surface area contributed by atoms with Gasteiger partial charge in [0.2, 0.25) is 0 Å². The second-order valence-corrected chi connectivity index (χ2v) is 7.58. The molecule has 23 heavy (non-hydrogen) atoms. The molecule has 0 aromatic heterocycles. The second kappa shape index (κ2) is 7.21. The minimum absolute atomic E-state index is 0.112. The number of rotatable bonds is 5. The molecule has 1 rings (SSSR count). The van der Waals surface area contributed by atoms with Crippen molar-refractivity contribution in [2.45, 2.75) is 46.6 Å². The number of aliphatic carboxylic acids is 1. The lowest BCUT2D eigenvalue weighted by molar-refractivity contribution is -0.150. The van der Waals surface area contributed by atoms with Crippen LogP contribution >= 0.6 is 11.6 Å². The summed E-state index contributed by atoms with van der Waals surface area (Å²) in [6, 6.07) is 6.07. The van der Waals surface area contributed by atoms with Crippen LogP contribution < -0.4 is 10.6 Å². The lowest BCUT2D eigenvalue weighted by Gasteiger charge is -2.42. The second-order valence-electron chi connectivity index (χ2n) is 7.14. The van der Waals surface area contributed by atoms with Gasteiger partial charge < -0.3 is 15.7 Å². The summed E-state index contributed by atoms with van der Waals surface area (Å²) in [6.45, 7) is 9.30. The molecule has 1 aromatic carbocycles. The first-order chi connectivity index (χ1) is 10.5. The first kappa shape index (κ1) is 19.3. The van der Waals surface area contributed by atoms with E-state index in [-0.39, 0.29) is 5.92 Å². The van der Waals surface area contributed by atoms with Gasteiger partial charge in [0, 0.05) is 10.7 Å². The van der Waals surface area contributed by atoms with Crippen LogP contribution in [0.2, 0.25) is 5.02 Å². The third-order valence-corrected chi connectivity index (χ3v) is 4.04. The fourth-order valence-electron chi connectivity index (χ4n) is 2.51. The van der Waals surface area contributed by atoms with E-state index in [0.717, 1.165) is 0 Å². The summed E-state index contributed by atoms with van der Waals surface area (Å²) in [6.07, 6.45) is 0.333. The standard InChI is InChI=1S/C17H25ClN2O3/c1-11(2)10-17(14(21)22,16(3,4)5)20-15(23)19-13-8-6-12(18)7-9-13/h6-9,11H,10H2,1-5H3,(H,21,22)(H2,19,20,23)/t17-/m1/s1. The van der Waals surface area contributed by atoms with Crippen LogP contribution in [0, 0.1) is 11.3 Å². The van der Waals surface area contributed by atoms with E-state index in [2.05, 4.69) is 10.6 Å². The summed E-state index contributed by atoms with van der Waals surface area (Å²) < 4.78 is 0. The smallest absolute Gasteiger partial charge is 0.330 e. The third-order valence-electron chi connectivity index (χ3n) is 3.79. The van der Waals surface area contributed by atoms with Crippen molar-refractivity contribution in [1.29, 1.82) is 0 Å². The number of anilines is 1. The molecule has 0 saturated carbocycles. The Morgan fingerprint density at radius 1 is 1.17 bits per heavy atom. The summed E-state index contributed by atoms with van der Waals surface area (Å²) in [7, 11) is 0. The number of urea groups is 1. The van der Waals surface area contributed by atoms with Crippen molar-refractivity contribution in [3.8, 4) is 0 Å². The number of nitrogens with one attached hydrogen (secondary N) is 2. The van der Waals surface area contributed by atoms with Gasteiger partial charge in [-0.15, -0.1) is 0 Å². The van der Waals surface area contributed by atoms with E-state index < -0.39 is 23.0 Å². The van der Waals surface area contributed by atoms with E-state index in [0.29, 0.717) is 17.1 Å². The molecule has 0 radical (unpaired) electrons. The van der Waals surface area contributed by atoms with Crippen molar-refractivity contribution < 1.29 is 14.7 Å². The number of carbonyl (C=O) groups excluding carboxylic acids is 1. The van der Waals surface area contributed by atoms with Gasteiger partial charge in [-0.25, -0.2) is 9.59 Å². The molecule has 1 atom stereocenters. The minimum atomic E-state index is -1.36. The van der Waals surface area contributed by atoms with E-state index in [4.69, 9.17) is 11.6 Å². The van der Waals surface area contributed by atoms with Gasteiger partial charge in [-0.2, -0.15) is 0 Å². The van der Waals surface area contributed by atoms with Crippen LogP contribution in [0.25, 0.3) is 0 Å². The van der Waals surface area contributed by atoms with Gasteiger partial charge in [-0.1, -0.05) is 46.2 Å². The normalized spacial score (nSPS) is 14.2. The molecule has 0 bridgehead atoms. The van der Waals surface area contributed by atoms with Gasteiger partial charge in [-0.3, -0.25) is 0 Å². The molecule has 0 aliphatic heterocycles. The van der Waals surface area contributed by atoms with E-state index >= 15 is 0 Å². The monoisotopic (exact) mass is 340 g/mol. The molecule has 0 aliphatic carbocycles. The van der Waals surface area contributed by atoms with Crippen LogP contribution in [-0.2, 0) is 4.79 Å². The number of hydrogen-bond acceptors (Lipinski definition) is 2. The highest BCUT2D eigenvalue weighted by atomic mass is 35.5. The summed E-state index contributed by atoms with van der Waals surface area (Å²) in [4.78, 5) is 24.3. The first-order valence-corrected chi connectivity index (χ1v) is 7.94. The number of carbonyl (C=O) groups is 2. The van der Waals surface area contributed by atoms with Crippen molar-refractivity contribution >= 4 is 29.3 Å². The minimum Gasteiger partial charge on any atom is -0.479 e. The molecular formula is C17H25ClN2O3. The zero-order valence-corrected chi connectivity index (χ0v) is 15.0. The van der Waals surface area contributed by atoms with Crippen molar-refractivity contribution in [2.24, 2.45) is 11.3 Å². The molecule has 0 heterocycles. The van der Waals surface area contributed by atoms with Gasteiger partial charge >= 0.3 is 12.0 Å². The zero-order valence-electron chi connectivity index (χ0n) is 14.2. The van der Waals surface area contributed by atoms with Gasteiger partial charge in [0.05, 0.1) is 0 Å². The average Bonchev–Trinajstić information content (AvgIpc) is 2.38. The van der Waals surface area contributed by atoms with Crippen molar-refractivity contribution in [3.05, 3.63) is 29.3 Å². The van der Waals surface area contributed by atoms with Crippen LogP contribution in [0.4, 0.5) is 10.5 Å². The highest BCUT2D eigenvalue weighted by molar-refractivity contribution is 6.30. The quantitative estimate of drug-likeness (QED) is 0.744. The molecule has 1 aromatic rings. The number of amides is 2. The maximum Gasteiger partial charge on any atom is 0.330 e. The Morgan fingerprint density at radius 3 is 2.09 bits per heavy atom. The average molecular weight is 341 g/mol. The highest BCUT2D eigenvalue weighted by Gasteiger charge is 2.50. The number of hydrogen-bond donors (Lipinski definition) is 3. The molecule has 128 valence electrons. The number of carboxylic acids is 1. The molecule has 3 N–H and O–H groups in total. The molecule has 0 saturated heterocycles. The Hall–Kier alpha value is -1.75. The van der Waals surface area contributed by atoms with E-state index in [1.807, 2.05) is 34.6 Å². The van der Waals surface area contributed by atoms with Gasteiger partial charge in [0.15, 0.2) is 0 Å². The van der Waals surface area contributed by atoms with Crippen LogP contribution in [0.3, 0.4) is 0 Å². The SMILES string of the molecule is CC(C)C[C@@](NC(=O)Nc1ccc(Cl)cc1)(C(=O)O)C(C)(C)C. The summed E-state index contributed by atoms with van der Waals surface area (Å²) in [5.74, 6) is -0.925. The van der Waals surface area contributed by atoms with E-state index in [9.17, 15) is 14.7 Å². The van der Waals surface area contributed by atoms with Gasteiger partial charge in [-0.05, 0) is 42.0 Å². The maximum absolute atomic E-state index is 12.3.